The zero-order valence-corrected chi connectivity index (χ0v) is 16.6. The fourth-order valence-corrected chi connectivity index (χ4v) is 3.25. The first kappa shape index (κ1) is 25.8. The van der Waals surface area contributed by atoms with Gasteiger partial charge in [0.25, 0.3) is 0 Å². The van der Waals surface area contributed by atoms with Crippen molar-refractivity contribution >= 4 is 11.8 Å². The van der Waals surface area contributed by atoms with Crippen LogP contribution in [0.3, 0.4) is 0 Å². The molecule has 15 nitrogen and oxygen atoms in total. The van der Waals surface area contributed by atoms with Crippen LogP contribution in [0.15, 0.2) is 0 Å². The van der Waals surface area contributed by atoms with E-state index in [-0.39, 0.29) is 12.8 Å². The minimum atomic E-state index is -1.48. The molecule has 2 amide bonds. The van der Waals surface area contributed by atoms with Crippen molar-refractivity contribution in [1.29, 1.82) is 0 Å². The summed E-state index contributed by atoms with van der Waals surface area (Å²) in [4.78, 5) is 22.4. The predicted molar refractivity (Wildman–Crippen MR) is 100 cm³/mol. The van der Waals surface area contributed by atoms with Gasteiger partial charge in [-0.2, -0.15) is 0 Å². The molecule has 2 fully saturated rings. The summed E-state index contributed by atoms with van der Waals surface area (Å²) in [6.07, 6.45) is -10.8. The normalized spacial score (nSPS) is 41.0. The average molecular weight is 453 g/mol. The fourth-order valence-electron chi connectivity index (χ4n) is 3.25. The van der Waals surface area contributed by atoms with E-state index in [0.717, 1.165) is 0 Å². The number of rotatable bonds is 9. The second-order valence-corrected chi connectivity index (χ2v) is 7.39. The van der Waals surface area contributed by atoms with Crippen LogP contribution in [0.4, 0.5) is 0 Å². The van der Waals surface area contributed by atoms with Crippen LogP contribution in [0.25, 0.3) is 0 Å². The number of nitrogens with one attached hydrogen (secondary N) is 2. The van der Waals surface area contributed by atoms with Gasteiger partial charge in [-0.25, -0.2) is 5.43 Å². The van der Waals surface area contributed by atoms with Gasteiger partial charge in [0.15, 0.2) is 6.29 Å². The maximum absolute atomic E-state index is 11.7. The number of amides is 2. The summed E-state index contributed by atoms with van der Waals surface area (Å²) < 4.78 is 16.5. The summed E-state index contributed by atoms with van der Waals surface area (Å²) in [5, 5.41) is 49.5. The van der Waals surface area contributed by atoms with Crippen LogP contribution in [0, 0.1) is 0 Å². The number of carbonyl (C=O) groups is 2. The molecule has 0 radical (unpaired) electrons. The molecule has 180 valence electrons. The summed E-state index contributed by atoms with van der Waals surface area (Å²) >= 11 is 0. The number of primary amides is 1. The number of hydrogen-bond acceptors (Lipinski definition) is 13. The maximum atomic E-state index is 11.7. The standard InChI is InChI=1S/C16H31N5O10/c17-7(24)1-2-8(25)20-21-15-9(18)13(28)14(6(4-23)29-15)31-16-10(19)12(27)11(26)5(3-22)30-16/h5-6,9-16,21-23,26-28H,1-4,18-19H2,(H2,17,24)(H,20,25)/t5-,6-,9-,10-,11-,12-,13-,14-,15-,16+/m1/s1. The number of nitrogens with two attached hydrogens (primary N) is 3. The highest BCUT2D eigenvalue weighted by molar-refractivity contribution is 5.82. The molecular weight excluding hydrogens is 422 g/mol. The van der Waals surface area contributed by atoms with E-state index in [9.17, 15) is 35.1 Å². The molecule has 0 aromatic heterocycles. The van der Waals surface area contributed by atoms with Crippen LogP contribution in [0.1, 0.15) is 12.8 Å². The molecule has 0 aliphatic carbocycles. The number of carbonyl (C=O) groups excluding carboxylic acids is 2. The molecule has 10 atom stereocenters. The predicted octanol–water partition coefficient (Wildman–Crippen LogP) is -6.57. The first-order chi connectivity index (χ1) is 14.6. The Morgan fingerprint density at radius 2 is 1.55 bits per heavy atom. The van der Waals surface area contributed by atoms with E-state index in [4.69, 9.17) is 31.4 Å². The quantitative estimate of drug-likeness (QED) is 0.146. The van der Waals surface area contributed by atoms with Gasteiger partial charge in [-0.1, -0.05) is 0 Å². The van der Waals surface area contributed by atoms with Gasteiger partial charge < -0.3 is 56.9 Å². The smallest absolute Gasteiger partial charge is 0.234 e. The highest BCUT2D eigenvalue weighted by Gasteiger charge is 2.49. The van der Waals surface area contributed by atoms with Gasteiger partial charge in [0.1, 0.15) is 42.9 Å². The lowest BCUT2D eigenvalue weighted by Gasteiger charge is -2.46. The van der Waals surface area contributed by atoms with E-state index < -0.39 is 86.3 Å². The van der Waals surface area contributed by atoms with Gasteiger partial charge in [-0.3, -0.25) is 15.0 Å². The topological polar surface area (TPSA) is 265 Å². The molecule has 0 bridgehead atoms. The molecular formula is C16H31N5O10. The van der Waals surface area contributed by atoms with Crippen molar-refractivity contribution < 1.29 is 49.3 Å². The first-order valence-corrected chi connectivity index (χ1v) is 9.66. The molecule has 2 saturated heterocycles. The first-order valence-electron chi connectivity index (χ1n) is 9.66. The van der Waals surface area contributed by atoms with E-state index >= 15 is 0 Å². The van der Waals surface area contributed by atoms with E-state index in [1.807, 2.05) is 0 Å². The fraction of sp³-hybridized carbons (Fsp3) is 0.875. The Kier molecular flexibility index (Phi) is 9.46. The van der Waals surface area contributed by atoms with Crippen molar-refractivity contribution in [1.82, 2.24) is 10.9 Å². The van der Waals surface area contributed by atoms with Crippen molar-refractivity contribution in [3.63, 3.8) is 0 Å². The third-order valence-electron chi connectivity index (χ3n) is 5.12. The van der Waals surface area contributed by atoms with E-state index in [1.54, 1.807) is 0 Å². The Morgan fingerprint density at radius 3 is 2.13 bits per heavy atom. The molecule has 0 saturated carbocycles. The zero-order chi connectivity index (χ0) is 23.3. The van der Waals surface area contributed by atoms with Gasteiger partial charge >= 0.3 is 0 Å². The number of aliphatic hydroxyl groups is 5. The van der Waals surface area contributed by atoms with Crippen LogP contribution < -0.4 is 28.1 Å². The largest absolute Gasteiger partial charge is 0.394 e. The van der Waals surface area contributed by atoms with Crippen molar-refractivity contribution in [2.75, 3.05) is 13.2 Å². The minimum absolute atomic E-state index is 0.167. The van der Waals surface area contributed by atoms with Crippen molar-refractivity contribution in [2.45, 2.75) is 74.1 Å². The molecule has 2 heterocycles. The molecule has 2 aliphatic heterocycles. The van der Waals surface area contributed by atoms with Crippen molar-refractivity contribution in [3.8, 4) is 0 Å². The lowest BCUT2D eigenvalue weighted by Crippen LogP contribution is -2.70. The van der Waals surface area contributed by atoms with Crippen molar-refractivity contribution in [3.05, 3.63) is 0 Å². The summed E-state index contributed by atoms with van der Waals surface area (Å²) in [5.74, 6) is -1.23. The van der Waals surface area contributed by atoms with Crippen LogP contribution >= 0.6 is 0 Å². The van der Waals surface area contributed by atoms with E-state index in [2.05, 4.69) is 10.9 Å². The van der Waals surface area contributed by atoms with Gasteiger partial charge in [-0.05, 0) is 0 Å². The Labute approximate surface area is 177 Å². The second kappa shape index (κ2) is 11.4. The third-order valence-corrected chi connectivity index (χ3v) is 5.12. The SMILES string of the molecule is NC(=O)CCC(=O)NN[C@@H]1O[C@H](CO)[C@@H](O[C@@H]2O[C@H](CO)[C@@H](O)[C@H](O)[C@H]2N)[C@H](O)[C@H]1N. The number of hydrogen-bond donors (Lipinski definition) is 10. The minimum Gasteiger partial charge on any atom is -0.394 e. The molecule has 0 spiro atoms. The summed E-state index contributed by atoms with van der Waals surface area (Å²) in [7, 11) is 0. The van der Waals surface area contributed by atoms with Crippen LogP contribution in [0.5, 0.6) is 0 Å². The molecule has 15 heteroatoms. The highest BCUT2D eigenvalue weighted by atomic mass is 16.7. The van der Waals surface area contributed by atoms with Gasteiger partial charge in [0.2, 0.25) is 11.8 Å². The molecule has 31 heavy (non-hydrogen) atoms. The Morgan fingerprint density at radius 1 is 0.903 bits per heavy atom. The number of aliphatic hydroxyl groups excluding tert-OH is 5. The van der Waals surface area contributed by atoms with E-state index in [1.165, 1.54) is 0 Å². The molecule has 0 aromatic rings. The third kappa shape index (κ3) is 6.27. The molecule has 2 rings (SSSR count). The monoisotopic (exact) mass is 453 g/mol. The van der Waals surface area contributed by atoms with E-state index in [0.29, 0.717) is 0 Å². The molecule has 0 unspecified atom stereocenters. The average Bonchev–Trinajstić information content (AvgIpc) is 2.74. The van der Waals surface area contributed by atoms with Gasteiger partial charge in [0.05, 0.1) is 25.3 Å². The number of ether oxygens (including phenoxy) is 3. The van der Waals surface area contributed by atoms with Crippen LogP contribution in [0.2, 0.25) is 0 Å². The van der Waals surface area contributed by atoms with Gasteiger partial charge in [0, 0.05) is 12.8 Å². The Balaban J connectivity index is 2.00. The highest BCUT2D eigenvalue weighted by Crippen LogP contribution is 2.27. The van der Waals surface area contributed by atoms with Crippen LogP contribution in [-0.4, -0.2) is 112 Å². The summed E-state index contributed by atoms with van der Waals surface area (Å²) in [6.45, 7) is -1.25. The van der Waals surface area contributed by atoms with Crippen molar-refractivity contribution in [2.24, 2.45) is 17.2 Å². The van der Waals surface area contributed by atoms with Crippen LogP contribution in [-0.2, 0) is 23.8 Å². The zero-order valence-electron chi connectivity index (χ0n) is 16.6. The molecule has 13 N–H and O–H groups in total. The Bertz CT molecular complexity index is 611. The second-order valence-electron chi connectivity index (χ2n) is 7.39. The van der Waals surface area contributed by atoms with Gasteiger partial charge in [-0.15, -0.1) is 0 Å². The number of hydrazine groups is 1. The summed E-state index contributed by atoms with van der Waals surface area (Å²) in [5.41, 5.74) is 21.5. The maximum Gasteiger partial charge on any atom is 0.234 e. The lowest BCUT2D eigenvalue weighted by atomic mass is 9.95. The molecule has 0 aromatic carbocycles. The Hall–Kier alpha value is -1.50. The summed E-state index contributed by atoms with van der Waals surface area (Å²) in [6, 6.07) is -2.39. The lowest BCUT2D eigenvalue weighted by molar-refractivity contribution is -0.312. The molecule has 2 aliphatic rings.